The Morgan fingerprint density at radius 1 is 1.38 bits per heavy atom. The largest absolute Gasteiger partial charge is 0.381 e. The van der Waals surface area contributed by atoms with Crippen LogP contribution in [-0.4, -0.2) is 11.0 Å². The fourth-order valence-electron chi connectivity index (χ4n) is 2.47. The zero-order valence-electron chi connectivity index (χ0n) is 9.96. The summed E-state index contributed by atoms with van der Waals surface area (Å²) in [7, 11) is 0. The van der Waals surface area contributed by atoms with E-state index in [0.717, 1.165) is 16.2 Å². The molecule has 2 unspecified atom stereocenters. The Bertz CT molecular complexity index is 365. The van der Waals surface area contributed by atoms with Gasteiger partial charge in [0.25, 0.3) is 0 Å². The minimum atomic E-state index is 0.630. The Morgan fingerprint density at radius 2 is 2.19 bits per heavy atom. The smallest absolute Gasteiger partial charge is 0.106 e. The predicted molar refractivity (Wildman–Crippen MR) is 71.7 cm³/mol. The average Bonchev–Trinajstić information content (AvgIpc) is 2.22. The van der Waals surface area contributed by atoms with Gasteiger partial charge in [-0.1, -0.05) is 19.8 Å². The monoisotopic (exact) mass is 282 g/mol. The summed E-state index contributed by atoms with van der Waals surface area (Å²) >= 11 is 3.39. The van der Waals surface area contributed by atoms with Crippen LogP contribution < -0.4 is 5.32 Å². The van der Waals surface area contributed by atoms with E-state index in [2.05, 4.69) is 46.1 Å². The highest BCUT2D eigenvalue weighted by molar-refractivity contribution is 9.10. The van der Waals surface area contributed by atoms with Crippen LogP contribution in [0, 0.1) is 12.8 Å². The molecule has 1 aromatic heterocycles. The molecule has 16 heavy (non-hydrogen) atoms. The van der Waals surface area contributed by atoms with Gasteiger partial charge < -0.3 is 5.32 Å². The molecule has 1 aliphatic rings. The van der Waals surface area contributed by atoms with Crippen molar-refractivity contribution in [2.45, 2.75) is 45.6 Å². The van der Waals surface area contributed by atoms with Gasteiger partial charge in [-0.15, -0.1) is 0 Å². The number of rotatable bonds is 2. The summed E-state index contributed by atoms with van der Waals surface area (Å²) in [5.41, 5.74) is 2.26. The van der Waals surface area contributed by atoms with E-state index in [-0.39, 0.29) is 0 Å². The first-order valence-electron chi connectivity index (χ1n) is 6.05. The molecule has 2 nitrogen and oxygen atoms in total. The number of pyridine rings is 1. The first-order valence-corrected chi connectivity index (χ1v) is 6.84. The molecule has 1 aromatic rings. The van der Waals surface area contributed by atoms with Gasteiger partial charge in [-0.3, -0.25) is 0 Å². The van der Waals surface area contributed by atoms with E-state index in [9.17, 15) is 0 Å². The standard InChI is InChI=1S/C13H19BrN2/c1-9-4-3-5-11(8-9)16-12-6-7-13(14)15-10(12)2/h6-7,9,11,16H,3-5,8H2,1-2H3. The molecule has 0 aromatic carbocycles. The van der Waals surface area contributed by atoms with Crippen LogP contribution in [0.15, 0.2) is 16.7 Å². The van der Waals surface area contributed by atoms with Crippen LogP contribution in [0.1, 0.15) is 38.3 Å². The van der Waals surface area contributed by atoms with E-state index >= 15 is 0 Å². The molecule has 0 saturated heterocycles. The molecule has 88 valence electrons. The first kappa shape index (κ1) is 11.9. The fraction of sp³-hybridized carbons (Fsp3) is 0.615. The van der Waals surface area contributed by atoms with Crippen molar-refractivity contribution in [3.8, 4) is 0 Å². The third-order valence-corrected chi connectivity index (χ3v) is 3.79. The van der Waals surface area contributed by atoms with Gasteiger partial charge in [-0.25, -0.2) is 4.98 Å². The van der Waals surface area contributed by atoms with Crippen molar-refractivity contribution in [2.24, 2.45) is 5.92 Å². The molecule has 0 amide bonds. The van der Waals surface area contributed by atoms with E-state index < -0.39 is 0 Å². The number of halogens is 1. The summed E-state index contributed by atoms with van der Waals surface area (Å²) in [4.78, 5) is 4.41. The molecule has 1 saturated carbocycles. The Morgan fingerprint density at radius 3 is 2.88 bits per heavy atom. The van der Waals surface area contributed by atoms with Gasteiger partial charge in [-0.2, -0.15) is 0 Å². The second-order valence-electron chi connectivity index (χ2n) is 4.88. The topological polar surface area (TPSA) is 24.9 Å². The highest BCUT2D eigenvalue weighted by Crippen LogP contribution is 2.27. The zero-order valence-corrected chi connectivity index (χ0v) is 11.5. The van der Waals surface area contributed by atoms with Crippen LogP contribution in [0.5, 0.6) is 0 Å². The van der Waals surface area contributed by atoms with Gasteiger partial charge in [0.15, 0.2) is 0 Å². The maximum Gasteiger partial charge on any atom is 0.106 e. The number of aryl methyl sites for hydroxylation is 1. The van der Waals surface area contributed by atoms with E-state index in [1.165, 1.54) is 31.4 Å². The molecule has 0 spiro atoms. The second kappa shape index (κ2) is 5.17. The normalized spacial score (nSPS) is 25.4. The van der Waals surface area contributed by atoms with Gasteiger partial charge in [0.1, 0.15) is 4.60 Å². The maximum absolute atomic E-state index is 4.41. The Labute approximate surface area is 106 Å². The lowest BCUT2D eigenvalue weighted by Gasteiger charge is -2.28. The van der Waals surface area contributed by atoms with Crippen molar-refractivity contribution >= 4 is 21.6 Å². The Balaban J connectivity index is 2.02. The quantitative estimate of drug-likeness (QED) is 0.825. The lowest BCUT2D eigenvalue weighted by molar-refractivity contribution is 0.358. The van der Waals surface area contributed by atoms with Crippen LogP contribution in [-0.2, 0) is 0 Å². The molecule has 1 heterocycles. The van der Waals surface area contributed by atoms with Gasteiger partial charge in [0, 0.05) is 6.04 Å². The highest BCUT2D eigenvalue weighted by atomic mass is 79.9. The zero-order chi connectivity index (χ0) is 11.5. The van der Waals surface area contributed by atoms with Crippen molar-refractivity contribution < 1.29 is 0 Å². The van der Waals surface area contributed by atoms with E-state index in [1.807, 2.05) is 6.07 Å². The van der Waals surface area contributed by atoms with Crippen molar-refractivity contribution in [1.29, 1.82) is 0 Å². The molecule has 2 atom stereocenters. The lowest BCUT2D eigenvalue weighted by Crippen LogP contribution is -2.26. The fourth-order valence-corrected chi connectivity index (χ4v) is 2.87. The number of nitrogens with one attached hydrogen (secondary N) is 1. The highest BCUT2D eigenvalue weighted by Gasteiger charge is 2.19. The summed E-state index contributed by atoms with van der Waals surface area (Å²) in [6, 6.07) is 4.75. The second-order valence-corrected chi connectivity index (χ2v) is 5.69. The van der Waals surface area contributed by atoms with Gasteiger partial charge >= 0.3 is 0 Å². The van der Waals surface area contributed by atoms with Crippen molar-refractivity contribution in [3.63, 3.8) is 0 Å². The molecule has 3 heteroatoms. The van der Waals surface area contributed by atoms with Gasteiger partial charge in [-0.05, 0) is 53.7 Å². The van der Waals surface area contributed by atoms with E-state index in [0.29, 0.717) is 6.04 Å². The summed E-state index contributed by atoms with van der Waals surface area (Å²) in [5.74, 6) is 0.856. The number of nitrogens with zero attached hydrogens (tertiary/aromatic N) is 1. The molecule has 0 radical (unpaired) electrons. The third kappa shape index (κ3) is 2.97. The number of aromatic nitrogens is 1. The summed E-state index contributed by atoms with van der Waals surface area (Å²) in [6.07, 6.45) is 5.31. The lowest BCUT2D eigenvalue weighted by atomic mass is 9.87. The minimum absolute atomic E-state index is 0.630. The molecular formula is C13H19BrN2. The molecule has 1 N–H and O–H groups in total. The molecule has 0 bridgehead atoms. The molecular weight excluding hydrogens is 264 g/mol. The van der Waals surface area contributed by atoms with Gasteiger partial charge in [0.05, 0.1) is 11.4 Å². The minimum Gasteiger partial charge on any atom is -0.381 e. The summed E-state index contributed by atoms with van der Waals surface area (Å²) in [5, 5.41) is 3.62. The van der Waals surface area contributed by atoms with Crippen LogP contribution in [0.4, 0.5) is 5.69 Å². The SMILES string of the molecule is Cc1nc(Br)ccc1NC1CCCC(C)C1. The van der Waals surface area contributed by atoms with E-state index in [1.54, 1.807) is 0 Å². The summed E-state index contributed by atoms with van der Waals surface area (Å²) < 4.78 is 0.910. The Kier molecular flexibility index (Phi) is 3.85. The third-order valence-electron chi connectivity index (χ3n) is 3.35. The number of hydrogen-bond acceptors (Lipinski definition) is 2. The van der Waals surface area contributed by atoms with Crippen molar-refractivity contribution in [2.75, 3.05) is 5.32 Å². The van der Waals surface area contributed by atoms with Crippen LogP contribution in [0.25, 0.3) is 0 Å². The summed E-state index contributed by atoms with van der Waals surface area (Å²) in [6.45, 7) is 4.40. The average molecular weight is 283 g/mol. The van der Waals surface area contributed by atoms with Crippen LogP contribution in [0.3, 0.4) is 0 Å². The molecule has 2 rings (SSSR count). The maximum atomic E-state index is 4.41. The van der Waals surface area contributed by atoms with E-state index in [4.69, 9.17) is 0 Å². The molecule has 0 aliphatic heterocycles. The number of anilines is 1. The van der Waals surface area contributed by atoms with Crippen molar-refractivity contribution in [3.05, 3.63) is 22.4 Å². The molecule has 1 aliphatic carbocycles. The molecule has 1 fully saturated rings. The number of hydrogen-bond donors (Lipinski definition) is 1. The van der Waals surface area contributed by atoms with Crippen LogP contribution >= 0.6 is 15.9 Å². The van der Waals surface area contributed by atoms with Crippen molar-refractivity contribution in [1.82, 2.24) is 4.98 Å². The Hall–Kier alpha value is -0.570. The predicted octanol–water partition coefficient (Wildman–Crippen LogP) is 4.14. The van der Waals surface area contributed by atoms with Crippen LogP contribution in [0.2, 0.25) is 0 Å². The first-order chi connectivity index (χ1) is 7.65. The van der Waals surface area contributed by atoms with Gasteiger partial charge in [0.2, 0.25) is 0 Å².